The highest BCUT2D eigenvalue weighted by Crippen LogP contribution is 2.32. The van der Waals surface area contributed by atoms with Gasteiger partial charge in [-0.3, -0.25) is 0 Å². The Morgan fingerprint density at radius 2 is 1.80 bits per heavy atom. The van der Waals surface area contributed by atoms with E-state index in [9.17, 15) is 25.8 Å². The summed E-state index contributed by atoms with van der Waals surface area (Å²) in [7, 11) is -4.94. The Bertz CT molecular complexity index is 1360. The van der Waals surface area contributed by atoms with Crippen LogP contribution in [-0.4, -0.2) is 55.6 Å². The SMILES string of the molecule is CCS(=O)(=O)c1cc(N=S(C)(C)=O)cnc1-c1nc2cc(C(F)(F)F)nnc2n1C. The number of imidazole rings is 1. The largest absolute Gasteiger partial charge is 0.435 e. The van der Waals surface area contributed by atoms with Crippen molar-refractivity contribution in [1.82, 2.24) is 24.7 Å². The van der Waals surface area contributed by atoms with Gasteiger partial charge in [0.25, 0.3) is 0 Å². The van der Waals surface area contributed by atoms with E-state index in [4.69, 9.17) is 0 Å². The molecule has 30 heavy (non-hydrogen) atoms. The molecule has 0 bridgehead atoms. The van der Waals surface area contributed by atoms with Gasteiger partial charge in [-0.15, -0.1) is 10.2 Å². The second-order valence-corrected chi connectivity index (χ2v) is 11.4. The standard InChI is InChI=1S/C16H17F3N6O3S2/c1-5-30(27,28)11-6-9(24-29(3,4)26)8-20-13(11)15-21-10-7-12(16(17,18)19)22-23-14(10)25(15)2/h6-8H,5H2,1-4H3. The van der Waals surface area contributed by atoms with Gasteiger partial charge < -0.3 is 4.57 Å². The molecule has 0 aliphatic rings. The Morgan fingerprint density at radius 1 is 1.13 bits per heavy atom. The van der Waals surface area contributed by atoms with Gasteiger partial charge in [0.05, 0.1) is 22.5 Å². The van der Waals surface area contributed by atoms with Crippen LogP contribution >= 0.6 is 0 Å². The van der Waals surface area contributed by atoms with Gasteiger partial charge in [0.15, 0.2) is 27.0 Å². The maximum Gasteiger partial charge on any atom is 0.435 e. The number of hydrogen-bond acceptors (Lipinski definition) is 8. The van der Waals surface area contributed by atoms with Crippen LogP contribution in [0.4, 0.5) is 18.9 Å². The van der Waals surface area contributed by atoms with E-state index in [1.807, 2.05) is 0 Å². The molecule has 162 valence electrons. The fraction of sp³-hybridized carbons (Fsp3) is 0.375. The number of fused-ring (bicyclic) bond motifs is 1. The minimum Gasteiger partial charge on any atom is -0.309 e. The number of rotatable bonds is 4. The van der Waals surface area contributed by atoms with E-state index in [1.165, 1.54) is 43.3 Å². The molecule has 0 unspecified atom stereocenters. The smallest absolute Gasteiger partial charge is 0.309 e. The average Bonchev–Trinajstić information content (AvgIpc) is 2.96. The Hall–Kier alpha value is -2.61. The van der Waals surface area contributed by atoms with Crippen molar-refractivity contribution in [2.24, 2.45) is 11.4 Å². The van der Waals surface area contributed by atoms with Crippen LogP contribution in [0.1, 0.15) is 12.6 Å². The minimum atomic E-state index is -4.70. The monoisotopic (exact) mass is 462 g/mol. The lowest BCUT2D eigenvalue weighted by molar-refractivity contribution is -0.141. The van der Waals surface area contributed by atoms with E-state index in [0.29, 0.717) is 0 Å². The first kappa shape index (κ1) is 22.1. The maximum atomic E-state index is 12.9. The van der Waals surface area contributed by atoms with Crippen LogP contribution in [0.5, 0.6) is 0 Å². The summed E-state index contributed by atoms with van der Waals surface area (Å²) in [6.45, 7) is 1.43. The quantitative estimate of drug-likeness (QED) is 0.584. The number of aryl methyl sites for hydroxylation is 1. The van der Waals surface area contributed by atoms with E-state index in [2.05, 4.69) is 24.5 Å². The van der Waals surface area contributed by atoms with Crippen molar-refractivity contribution >= 4 is 36.4 Å². The maximum absolute atomic E-state index is 12.9. The topological polar surface area (TPSA) is 120 Å². The third-order valence-electron chi connectivity index (χ3n) is 4.00. The van der Waals surface area contributed by atoms with E-state index < -0.39 is 31.4 Å². The normalized spacial score (nSPS) is 13.0. The molecule has 14 heteroatoms. The summed E-state index contributed by atoms with van der Waals surface area (Å²) in [4.78, 5) is 8.01. The fourth-order valence-corrected chi connectivity index (χ4v) is 4.29. The van der Waals surface area contributed by atoms with Crippen LogP contribution in [0, 0.1) is 0 Å². The highest BCUT2D eigenvalue weighted by atomic mass is 32.2. The molecule has 0 fully saturated rings. The molecule has 0 aliphatic heterocycles. The summed E-state index contributed by atoms with van der Waals surface area (Å²) in [6, 6.07) is 1.95. The molecular formula is C16H17F3N6O3S2. The Balaban J connectivity index is 2.30. The number of alkyl halides is 3. The third kappa shape index (κ3) is 4.28. The predicted octanol–water partition coefficient (Wildman–Crippen LogP) is 2.60. The van der Waals surface area contributed by atoms with Gasteiger partial charge in [-0.05, 0) is 6.07 Å². The summed E-state index contributed by atoms with van der Waals surface area (Å²) in [5, 5.41) is 6.73. The number of hydrogen-bond donors (Lipinski definition) is 0. The fourth-order valence-electron chi connectivity index (χ4n) is 2.63. The van der Waals surface area contributed by atoms with Crippen molar-refractivity contribution in [1.29, 1.82) is 0 Å². The number of pyridine rings is 1. The first-order valence-corrected chi connectivity index (χ1v) is 12.4. The molecule has 0 amide bonds. The second kappa shape index (κ2) is 7.27. The van der Waals surface area contributed by atoms with Crippen LogP contribution in [0.15, 0.2) is 27.6 Å². The molecule has 9 nitrogen and oxygen atoms in total. The van der Waals surface area contributed by atoms with Crippen molar-refractivity contribution in [2.75, 3.05) is 18.3 Å². The van der Waals surface area contributed by atoms with Crippen molar-refractivity contribution in [3.05, 3.63) is 24.0 Å². The zero-order valence-corrected chi connectivity index (χ0v) is 17.9. The van der Waals surface area contributed by atoms with Gasteiger partial charge in [-0.25, -0.2) is 22.6 Å². The molecule has 0 atom stereocenters. The van der Waals surface area contributed by atoms with Crippen LogP contribution in [0.3, 0.4) is 0 Å². The van der Waals surface area contributed by atoms with Crippen LogP contribution < -0.4 is 0 Å². The van der Waals surface area contributed by atoms with Gasteiger partial charge >= 0.3 is 6.18 Å². The molecule has 0 radical (unpaired) electrons. The van der Waals surface area contributed by atoms with E-state index in [1.54, 1.807) is 0 Å². The number of sulfone groups is 1. The first-order chi connectivity index (χ1) is 13.7. The zero-order valence-electron chi connectivity index (χ0n) is 16.3. The van der Waals surface area contributed by atoms with Crippen LogP contribution in [0.25, 0.3) is 22.7 Å². The number of aromatic nitrogens is 5. The Kier molecular flexibility index (Phi) is 5.35. The van der Waals surface area contributed by atoms with Gasteiger partial charge in [0.2, 0.25) is 0 Å². The van der Waals surface area contributed by atoms with E-state index >= 15 is 0 Å². The van der Waals surface area contributed by atoms with Crippen molar-refractivity contribution in [3.8, 4) is 11.5 Å². The molecule has 0 aromatic carbocycles. The predicted molar refractivity (Wildman–Crippen MR) is 104 cm³/mol. The van der Waals surface area contributed by atoms with Gasteiger partial charge in [-0.2, -0.15) is 17.5 Å². The molecular weight excluding hydrogens is 445 g/mol. The van der Waals surface area contributed by atoms with Crippen molar-refractivity contribution in [3.63, 3.8) is 0 Å². The summed E-state index contributed by atoms with van der Waals surface area (Å²) in [5.74, 6) is -0.272. The highest BCUT2D eigenvalue weighted by Gasteiger charge is 2.34. The van der Waals surface area contributed by atoms with E-state index in [-0.39, 0.29) is 39.0 Å². The van der Waals surface area contributed by atoms with Gasteiger partial charge in [-0.1, -0.05) is 6.92 Å². The summed E-state index contributed by atoms with van der Waals surface area (Å²) in [5.41, 5.74) is -1.29. The molecule has 0 N–H and O–H groups in total. The number of halogens is 3. The summed E-state index contributed by atoms with van der Waals surface area (Å²) >= 11 is 0. The minimum absolute atomic E-state index is 0.00840. The van der Waals surface area contributed by atoms with Gasteiger partial charge in [0.1, 0.15) is 11.2 Å². The Labute approximate surface area is 170 Å². The second-order valence-electron chi connectivity index (χ2n) is 6.65. The lowest BCUT2D eigenvalue weighted by atomic mass is 10.3. The molecule has 3 aromatic heterocycles. The van der Waals surface area contributed by atoms with Gasteiger partial charge in [0, 0.05) is 35.4 Å². The molecule has 0 saturated carbocycles. The molecule has 3 rings (SSSR count). The first-order valence-electron chi connectivity index (χ1n) is 8.40. The molecule has 0 saturated heterocycles. The summed E-state index contributed by atoms with van der Waals surface area (Å²) in [6.07, 6.45) is -0.706. The lowest BCUT2D eigenvalue weighted by Gasteiger charge is -2.09. The van der Waals surface area contributed by atoms with Crippen LogP contribution in [-0.2, 0) is 32.8 Å². The summed E-state index contributed by atoms with van der Waals surface area (Å²) < 4.78 is 81.3. The zero-order chi connectivity index (χ0) is 22.5. The highest BCUT2D eigenvalue weighted by molar-refractivity contribution is 7.92. The van der Waals surface area contributed by atoms with Crippen molar-refractivity contribution < 1.29 is 25.8 Å². The lowest BCUT2D eigenvalue weighted by Crippen LogP contribution is -2.09. The Morgan fingerprint density at radius 3 is 2.37 bits per heavy atom. The van der Waals surface area contributed by atoms with Crippen molar-refractivity contribution in [2.45, 2.75) is 18.0 Å². The molecule has 3 heterocycles. The average molecular weight is 462 g/mol. The van der Waals surface area contributed by atoms with Crippen LogP contribution in [0.2, 0.25) is 0 Å². The number of nitrogens with zero attached hydrogens (tertiary/aromatic N) is 6. The van der Waals surface area contributed by atoms with E-state index in [0.717, 1.165) is 6.07 Å². The molecule has 0 spiro atoms. The third-order valence-corrected chi connectivity index (χ3v) is 6.39. The molecule has 3 aromatic rings. The molecule has 0 aliphatic carbocycles.